The number of aliphatic hydroxyl groups is 1. The van der Waals surface area contributed by atoms with Crippen LogP contribution in [0.25, 0.3) is 0 Å². The lowest BCUT2D eigenvalue weighted by Gasteiger charge is -2.13. The summed E-state index contributed by atoms with van der Waals surface area (Å²) in [6.45, 7) is 2.65. The van der Waals surface area contributed by atoms with Gasteiger partial charge in [-0.05, 0) is 42.3 Å². The highest BCUT2D eigenvalue weighted by atomic mass is 19.1. The summed E-state index contributed by atoms with van der Waals surface area (Å²) in [6.07, 6.45) is -0.709. The number of hydrogen-bond donors (Lipinski definition) is 2. The molecule has 0 amide bonds. The fourth-order valence-electron chi connectivity index (χ4n) is 2.05. The van der Waals surface area contributed by atoms with Gasteiger partial charge in [0.25, 0.3) is 0 Å². The van der Waals surface area contributed by atoms with Crippen molar-refractivity contribution in [2.45, 2.75) is 19.6 Å². The molecule has 2 N–H and O–H groups in total. The van der Waals surface area contributed by atoms with Crippen LogP contribution in [0.15, 0.2) is 42.5 Å². The second kappa shape index (κ2) is 7.87. The monoisotopic (exact) mass is 307 g/mol. The second-order valence-corrected chi connectivity index (χ2v) is 5.19. The Morgan fingerprint density at radius 3 is 2.55 bits per heavy atom. The van der Waals surface area contributed by atoms with E-state index < -0.39 is 17.7 Å². The van der Waals surface area contributed by atoms with Crippen molar-refractivity contribution in [2.75, 3.05) is 13.2 Å². The van der Waals surface area contributed by atoms with Gasteiger partial charge in [-0.1, -0.05) is 12.1 Å². The van der Waals surface area contributed by atoms with Crippen LogP contribution >= 0.6 is 0 Å². The van der Waals surface area contributed by atoms with Crippen LogP contribution in [0.2, 0.25) is 0 Å². The lowest BCUT2D eigenvalue weighted by molar-refractivity contribution is 0.106. The van der Waals surface area contributed by atoms with E-state index in [4.69, 9.17) is 4.74 Å². The van der Waals surface area contributed by atoms with Gasteiger partial charge >= 0.3 is 0 Å². The predicted octanol–water partition coefficient (Wildman–Crippen LogP) is 2.80. The van der Waals surface area contributed by atoms with Crippen LogP contribution in [-0.2, 0) is 6.54 Å². The van der Waals surface area contributed by atoms with Crippen molar-refractivity contribution in [2.24, 2.45) is 0 Å². The van der Waals surface area contributed by atoms with Gasteiger partial charge in [-0.15, -0.1) is 0 Å². The van der Waals surface area contributed by atoms with Gasteiger partial charge in [0.05, 0.1) is 0 Å². The fourth-order valence-corrected chi connectivity index (χ4v) is 2.05. The van der Waals surface area contributed by atoms with Crippen molar-refractivity contribution < 1.29 is 18.6 Å². The third-order valence-electron chi connectivity index (χ3n) is 3.06. The third kappa shape index (κ3) is 5.42. The van der Waals surface area contributed by atoms with Crippen LogP contribution in [0.3, 0.4) is 0 Å². The van der Waals surface area contributed by atoms with Gasteiger partial charge in [0, 0.05) is 19.2 Å². The zero-order valence-electron chi connectivity index (χ0n) is 12.4. The summed E-state index contributed by atoms with van der Waals surface area (Å²) >= 11 is 0. The number of aliphatic hydroxyl groups excluding tert-OH is 1. The minimum absolute atomic E-state index is 0.147. The molecule has 0 spiro atoms. The molecule has 118 valence electrons. The Bertz CT molecular complexity index is 599. The number of rotatable bonds is 7. The van der Waals surface area contributed by atoms with Crippen LogP contribution < -0.4 is 10.1 Å². The van der Waals surface area contributed by atoms with Gasteiger partial charge in [-0.3, -0.25) is 0 Å². The molecule has 5 heteroatoms. The van der Waals surface area contributed by atoms with Crippen molar-refractivity contribution in [3.8, 4) is 5.75 Å². The van der Waals surface area contributed by atoms with Crippen molar-refractivity contribution in [3.63, 3.8) is 0 Å². The molecule has 3 nitrogen and oxygen atoms in total. The van der Waals surface area contributed by atoms with E-state index in [0.717, 1.165) is 11.6 Å². The summed E-state index contributed by atoms with van der Waals surface area (Å²) in [4.78, 5) is 0. The summed E-state index contributed by atoms with van der Waals surface area (Å²) < 4.78 is 31.5. The molecule has 0 aliphatic carbocycles. The zero-order chi connectivity index (χ0) is 15.9. The molecule has 0 bridgehead atoms. The van der Waals surface area contributed by atoms with Crippen LogP contribution in [0.5, 0.6) is 5.75 Å². The Labute approximate surface area is 128 Å². The predicted molar refractivity (Wildman–Crippen MR) is 80.7 cm³/mol. The maximum absolute atomic E-state index is 13.0. The van der Waals surface area contributed by atoms with Gasteiger partial charge in [0.1, 0.15) is 30.1 Å². The van der Waals surface area contributed by atoms with Crippen molar-refractivity contribution in [3.05, 3.63) is 65.2 Å². The van der Waals surface area contributed by atoms with Crippen molar-refractivity contribution in [1.29, 1.82) is 0 Å². The first-order valence-electron chi connectivity index (χ1n) is 7.06. The number of benzene rings is 2. The first-order chi connectivity index (χ1) is 10.5. The fraction of sp³-hybridized carbons (Fsp3) is 0.294. The molecular formula is C17H19F2NO2. The quantitative estimate of drug-likeness (QED) is 0.826. The second-order valence-electron chi connectivity index (χ2n) is 5.19. The number of aryl methyl sites for hydroxylation is 1. The highest BCUT2D eigenvalue weighted by Gasteiger charge is 2.06. The maximum atomic E-state index is 13.0. The minimum atomic E-state index is -0.709. The first-order valence-corrected chi connectivity index (χ1v) is 7.06. The topological polar surface area (TPSA) is 41.5 Å². The molecule has 0 saturated carbocycles. The Morgan fingerprint density at radius 2 is 1.86 bits per heavy atom. The first kappa shape index (κ1) is 16.4. The van der Waals surface area contributed by atoms with E-state index in [1.54, 1.807) is 0 Å². The molecule has 1 unspecified atom stereocenters. The smallest absolute Gasteiger partial charge is 0.126 e. The Hall–Kier alpha value is -1.98. The lowest BCUT2D eigenvalue weighted by Crippen LogP contribution is -2.31. The van der Waals surface area contributed by atoms with Gasteiger partial charge in [0.2, 0.25) is 0 Å². The average Bonchev–Trinajstić information content (AvgIpc) is 2.44. The lowest BCUT2D eigenvalue weighted by atomic mass is 10.2. The van der Waals surface area contributed by atoms with E-state index in [1.165, 1.54) is 12.1 Å². The Kier molecular flexibility index (Phi) is 5.86. The molecule has 0 radical (unpaired) electrons. The highest BCUT2D eigenvalue weighted by molar-refractivity contribution is 5.27. The zero-order valence-corrected chi connectivity index (χ0v) is 12.4. The molecule has 22 heavy (non-hydrogen) atoms. The van der Waals surface area contributed by atoms with Gasteiger partial charge in [-0.2, -0.15) is 0 Å². The number of halogens is 2. The minimum Gasteiger partial charge on any atom is -0.491 e. The third-order valence-corrected chi connectivity index (χ3v) is 3.06. The summed E-state index contributed by atoms with van der Waals surface area (Å²) in [5, 5.41) is 12.8. The van der Waals surface area contributed by atoms with Gasteiger partial charge < -0.3 is 15.2 Å². The maximum Gasteiger partial charge on any atom is 0.126 e. The molecule has 0 aliphatic heterocycles. The summed E-state index contributed by atoms with van der Waals surface area (Å²) in [6, 6.07) is 10.9. The molecule has 0 heterocycles. The number of hydrogen-bond acceptors (Lipinski definition) is 3. The Morgan fingerprint density at radius 1 is 1.14 bits per heavy atom. The summed E-state index contributed by atoms with van der Waals surface area (Å²) in [7, 11) is 0. The number of nitrogens with one attached hydrogen (secondary N) is 1. The normalized spacial score (nSPS) is 12.2. The molecule has 2 aromatic rings. The van der Waals surface area contributed by atoms with Crippen LogP contribution in [0, 0.1) is 18.6 Å². The van der Waals surface area contributed by atoms with Crippen LogP contribution in [0.1, 0.15) is 11.1 Å². The van der Waals surface area contributed by atoms with E-state index in [-0.39, 0.29) is 19.7 Å². The molecule has 2 aromatic carbocycles. The van der Waals surface area contributed by atoms with E-state index >= 15 is 0 Å². The standard InChI is InChI=1S/C17H19F2NO2/c1-12-3-2-4-17(5-12)22-11-16(21)10-20-9-13-6-14(18)8-15(19)7-13/h2-8,16,20-21H,9-11H2,1H3. The van der Waals surface area contributed by atoms with Crippen LogP contribution in [-0.4, -0.2) is 24.4 Å². The largest absolute Gasteiger partial charge is 0.491 e. The van der Waals surface area contributed by atoms with Crippen molar-refractivity contribution in [1.82, 2.24) is 5.32 Å². The molecule has 0 saturated heterocycles. The molecular weight excluding hydrogens is 288 g/mol. The molecule has 1 atom stereocenters. The van der Waals surface area contributed by atoms with E-state index in [9.17, 15) is 13.9 Å². The molecule has 0 fully saturated rings. The molecule has 0 aromatic heterocycles. The number of ether oxygens (including phenoxy) is 1. The van der Waals surface area contributed by atoms with E-state index in [0.29, 0.717) is 11.3 Å². The van der Waals surface area contributed by atoms with Gasteiger partial charge in [0.15, 0.2) is 0 Å². The van der Waals surface area contributed by atoms with E-state index in [1.807, 2.05) is 31.2 Å². The highest BCUT2D eigenvalue weighted by Crippen LogP contribution is 2.12. The van der Waals surface area contributed by atoms with Gasteiger partial charge in [-0.25, -0.2) is 8.78 Å². The Balaban J connectivity index is 1.72. The summed E-state index contributed by atoms with van der Waals surface area (Å²) in [5.41, 5.74) is 1.57. The average molecular weight is 307 g/mol. The molecule has 0 aliphatic rings. The van der Waals surface area contributed by atoms with Crippen LogP contribution in [0.4, 0.5) is 8.78 Å². The summed E-state index contributed by atoms with van der Waals surface area (Å²) in [5.74, 6) is -0.522. The van der Waals surface area contributed by atoms with Crippen molar-refractivity contribution >= 4 is 0 Å². The SMILES string of the molecule is Cc1cccc(OCC(O)CNCc2cc(F)cc(F)c2)c1. The van der Waals surface area contributed by atoms with E-state index in [2.05, 4.69) is 5.32 Å². The molecule has 2 rings (SSSR count).